The normalized spacial score (nSPS) is 52.2. The van der Waals surface area contributed by atoms with Crippen molar-refractivity contribution in [3.05, 3.63) is 0 Å². The fourth-order valence-corrected chi connectivity index (χ4v) is 8.46. The highest BCUT2D eigenvalue weighted by atomic mass is 16.1. The summed E-state index contributed by atoms with van der Waals surface area (Å²) in [5.41, 5.74) is 0.175. The molecule has 0 bridgehead atoms. The van der Waals surface area contributed by atoms with Crippen LogP contribution in [0.5, 0.6) is 0 Å². The summed E-state index contributed by atoms with van der Waals surface area (Å²) >= 11 is 0. The Kier molecular flexibility index (Phi) is 4.20. The van der Waals surface area contributed by atoms with Crippen molar-refractivity contribution in [2.75, 3.05) is 0 Å². The Bertz CT molecular complexity index is 581. The molecule has 2 unspecified atom stereocenters. The van der Waals surface area contributed by atoms with E-state index in [-0.39, 0.29) is 22.7 Å². The lowest BCUT2D eigenvalue weighted by molar-refractivity contribution is -0.160. The summed E-state index contributed by atoms with van der Waals surface area (Å²) in [5, 5.41) is 0. The van der Waals surface area contributed by atoms with Crippen LogP contribution in [0.25, 0.3) is 0 Å². The van der Waals surface area contributed by atoms with Gasteiger partial charge in [-0.25, -0.2) is 0 Å². The lowest BCUT2D eigenvalue weighted by Crippen LogP contribution is -2.57. The van der Waals surface area contributed by atoms with Gasteiger partial charge in [0.05, 0.1) is 0 Å². The lowest BCUT2D eigenvalue weighted by atomic mass is 9.43. The first-order valence-electron chi connectivity index (χ1n) is 10.9. The number of Topliss-reactive ketones (excluding diaryl/α,β-unsaturated/α-hetero) is 2. The number of hydrogen-bond acceptors (Lipinski definition) is 2. The molecule has 4 aliphatic carbocycles. The third kappa shape index (κ3) is 2.34. The van der Waals surface area contributed by atoms with E-state index < -0.39 is 0 Å². The molecule has 0 heterocycles. The molecule has 2 heteroatoms. The molecule has 4 fully saturated rings. The van der Waals surface area contributed by atoms with E-state index in [1.165, 1.54) is 44.9 Å². The average molecular weight is 345 g/mol. The Labute approximate surface area is 153 Å². The molecule has 0 spiro atoms. The molecule has 2 nitrogen and oxygen atoms in total. The van der Waals surface area contributed by atoms with Gasteiger partial charge >= 0.3 is 0 Å². The molecule has 0 aliphatic heterocycles. The summed E-state index contributed by atoms with van der Waals surface area (Å²) in [7, 11) is 0. The van der Waals surface area contributed by atoms with Crippen LogP contribution in [-0.2, 0) is 9.59 Å². The average Bonchev–Trinajstić information content (AvgIpc) is 2.86. The van der Waals surface area contributed by atoms with E-state index in [9.17, 15) is 9.59 Å². The second kappa shape index (κ2) is 5.92. The van der Waals surface area contributed by atoms with Crippen molar-refractivity contribution in [2.24, 2.45) is 46.3 Å². The molecule has 0 radical (unpaired) electrons. The van der Waals surface area contributed by atoms with Gasteiger partial charge in [0.2, 0.25) is 0 Å². The van der Waals surface area contributed by atoms with E-state index in [1.54, 1.807) is 6.92 Å². The maximum atomic E-state index is 13.5. The van der Waals surface area contributed by atoms with Crippen molar-refractivity contribution >= 4 is 11.6 Å². The van der Waals surface area contributed by atoms with Crippen molar-refractivity contribution in [1.29, 1.82) is 0 Å². The quantitative estimate of drug-likeness (QED) is 0.668. The minimum absolute atomic E-state index is 0.0668. The van der Waals surface area contributed by atoms with Gasteiger partial charge in [0.25, 0.3) is 0 Å². The van der Waals surface area contributed by atoms with Crippen LogP contribution >= 0.6 is 0 Å². The van der Waals surface area contributed by atoms with E-state index in [2.05, 4.69) is 20.8 Å². The SMILES string of the molecule is CCC1C[C@H](C(C)=O)[C@@]2(C)CC(=O)[C@H]3[C@@H](CCC4CCCC[C@@]43C)[C@H]12. The van der Waals surface area contributed by atoms with E-state index in [1.807, 2.05) is 0 Å². The first-order chi connectivity index (χ1) is 11.8. The molecule has 0 amide bonds. The summed E-state index contributed by atoms with van der Waals surface area (Å²) in [4.78, 5) is 25.9. The molecule has 0 aromatic carbocycles. The summed E-state index contributed by atoms with van der Waals surface area (Å²) in [6, 6.07) is 0. The van der Waals surface area contributed by atoms with Gasteiger partial charge in [-0.15, -0.1) is 0 Å². The molecule has 4 aliphatic rings. The Morgan fingerprint density at radius 2 is 1.88 bits per heavy atom. The monoisotopic (exact) mass is 344 g/mol. The number of rotatable bonds is 2. The Morgan fingerprint density at radius 1 is 1.12 bits per heavy atom. The van der Waals surface area contributed by atoms with Crippen molar-refractivity contribution in [3.8, 4) is 0 Å². The summed E-state index contributed by atoms with van der Waals surface area (Å²) < 4.78 is 0. The minimum atomic E-state index is -0.0668. The van der Waals surface area contributed by atoms with Crippen LogP contribution < -0.4 is 0 Å². The largest absolute Gasteiger partial charge is 0.300 e. The van der Waals surface area contributed by atoms with E-state index in [0.29, 0.717) is 35.7 Å². The maximum Gasteiger partial charge on any atom is 0.137 e. The van der Waals surface area contributed by atoms with Crippen LogP contribution in [0, 0.1) is 46.3 Å². The smallest absolute Gasteiger partial charge is 0.137 e. The molecule has 4 rings (SSSR count). The molecule has 25 heavy (non-hydrogen) atoms. The summed E-state index contributed by atoms with van der Waals surface area (Å²) in [6.45, 7) is 8.81. The summed E-state index contributed by atoms with van der Waals surface area (Å²) in [6.07, 6.45) is 10.7. The van der Waals surface area contributed by atoms with Crippen LogP contribution in [0.2, 0.25) is 0 Å². The first kappa shape index (κ1) is 17.7. The van der Waals surface area contributed by atoms with Crippen LogP contribution in [0.1, 0.15) is 85.5 Å². The molecule has 0 N–H and O–H groups in total. The van der Waals surface area contributed by atoms with E-state index in [4.69, 9.17) is 0 Å². The number of carbonyl (C=O) groups excluding carboxylic acids is 2. The molecule has 0 aromatic rings. The zero-order valence-corrected chi connectivity index (χ0v) is 16.6. The van der Waals surface area contributed by atoms with Gasteiger partial charge in [0, 0.05) is 18.3 Å². The third-order valence-electron chi connectivity index (χ3n) is 9.42. The van der Waals surface area contributed by atoms with Crippen molar-refractivity contribution in [1.82, 2.24) is 0 Å². The van der Waals surface area contributed by atoms with Gasteiger partial charge in [0.1, 0.15) is 11.6 Å². The number of carbonyl (C=O) groups is 2. The van der Waals surface area contributed by atoms with Gasteiger partial charge in [-0.05, 0) is 73.5 Å². The van der Waals surface area contributed by atoms with Crippen molar-refractivity contribution in [3.63, 3.8) is 0 Å². The highest BCUT2D eigenvalue weighted by Crippen LogP contribution is 2.68. The van der Waals surface area contributed by atoms with E-state index >= 15 is 0 Å². The molecule has 140 valence electrons. The molecule has 4 saturated carbocycles. The molecular weight excluding hydrogens is 308 g/mol. The second-order valence-electron chi connectivity index (χ2n) is 10.4. The standard InChI is InChI=1S/C23H36O2/c1-5-15-12-18(14(2)24)23(4)13-19(25)21-17(20(15)23)10-9-16-8-6-7-11-22(16,21)3/h15-18,20-21H,5-13H2,1-4H3/t15?,16?,17-,18+,20-,21+,22-,23+/m0/s1. The van der Waals surface area contributed by atoms with Crippen LogP contribution in [0.15, 0.2) is 0 Å². The van der Waals surface area contributed by atoms with Gasteiger partial charge in [-0.3, -0.25) is 9.59 Å². The fraction of sp³-hybridized carbons (Fsp3) is 0.913. The molecule has 0 aromatic heterocycles. The van der Waals surface area contributed by atoms with Gasteiger partial charge in [-0.1, -0.05) is 40.0 Å². The second-order valence-corrected chi connectivity index (χ2v) is 10.4. The maximum absolute atomic E-state index is 13.5. The number of hydrogen-bond donors (Lipinski definition) is 0. The predicted octanol–water partition coefficient (Wildman–Crippen LogP) is 5.44. The number of ketones is 2. The highest BCUT2D eigenvalue weighted by Gasteiger charge is 2.65. The van der Waals surface area contributed by atoms with Crippen LogP contribution in [0.4, 0.5) is 0 Å². The van der Waals surface area contributed by atoms with Crippen LogP contribution in [0.3, 0.4) is 0 Å². The first-order valence-corrected chi connectivity index (χ1v) is 10.9. The third-order valence-corrected chi connectivity index (χ3v) is 9.42. The Hall–Kier alpha value is -0.660. The molecule has 0 saturated heterocycles. The lowest BCUT2D eigenvalue weighted by Gasteiger charge is -2.60. The minimum Gasteiger partial charge on any atom is -0.300 e. The number of fused-ring (bicyclic) bond motifs is 5. The van der Waals surface area contributed by atoms with Crippen LogP contribution in [-0.4, -0.2) is 11.6 Å². The van der Waals surface area contributed by atoms with E-state index in [0.717, 1.165) is 12.3 Å². The topological polar surface area (TPSA) is 34.1 Å². The molecular formula is C23H36O2. The molecule has 8 atom stereocenters. The zero-order chi connectivity index (χ0) is 18.0. The van der Waals surface area contributed by atoms with Crippen molar-refractivity contribution < 1.29 is 9.59 Å². The Morgan fingerprint density at radius 3 is 2.56 bits per heavy atom. The fourth-order valence-electron chi connectivity index (χ4n) is 8.46. The predicted molar refractivity (Wildman–Crippen MR) is 100 cm³/mol. The van der Waals surface area contributed by atoms with Gasteiger partial charge in [-0.2, -0.15) is 0 Å². The summed E-state index contributed by atoms with van der Waals surface area (Å²) in [5.74, 6) is 3.78. The Balaban J connectivity index is 1.75. The highest BCUT2D eigenvalue weighted by molar-refractivity contribution is 5.87. The zero-order valence-electron chi connectivity index (χ0n) is 16.6. The van der Waals surface area contributed by atoms with Gasteiger partial charge in [0.15, 0.2) is 0 Å². The van der Waals surface area contributed by atoms with Gasteiger partial charge < -0.3 is 0 Å². The van der Waals surface area contributed by atoms with Crippen molar-refractivity contribution in [2.45, 2.75) is 85.5 Å².